The zero-order valence-corrected chi connectivity index (χ0v) is 21.5. The van der Waals surface area contributed by atoms with Crippen LogP contribution < -0.4 is 10.4 Å². The lowest BCUT2D eigenvalue weighted by molar-refractivity contribution is -0.0331. The van der Waals surface area contributed by atoms with Crippen molar-refractivity contribution in [1.82, 2.24) is 24.6 Å². The smallest absolute Gasteiger partial charge is 0.336 e. The molecular formula is C18H22Cl2N6O8P2. The van der Waals surface area contributed by atoms with Crippen LogP contribution in [0.2, 0.25) is 10.3 Å². The third kappa shape index (κ3) is 6.24. The van der Waals surface area contributed by atoms with Crippen molar-refractivity contribution in [1.29, 1.82) is 0 Å². The Balaban J connectivity index is 1.53. The molecule has 0 amide bonds. The molecule has 7 N–H and O–H groups in total. The fourth-order valence-corrected chi connectivity index (χ4v) is 6.91. The van der Waals surface area contributed by atoms with E-state index in [0.29, 0.717) is 17.1 Å². The van der Waals surface area contributed by atoms with Crippen LogP contribution in [-0.2, 0) is 20.4 Å². The number of ether oxygens (including phenoxy) is 1. The van der Waals surface area contributed by atoms with E-state index >= 15 is 0 Å². The quantitative estimate of drug-likeness (QED) is 0.140. The van der Waals surface area contributed by atoms with Gasteiger partial charge in [-0.2, -0.15) is 9.97 Å². The van der Waals surface area contributed by atoms with Crippen LogP contribution in [0, 0.1) is 0 Å². The number of rotatable bonds is 9. The van der Waals surface area contributed by atoms with Gasteiger partial charge in [0.05, 0.1) is 6.33 Å². The van der Waals surface area contributed by atoms with E-state index in [1.54, 1.807) is 12.1 Å². The van der Waals surface area contributed by atoms with Crippen molar-refractivity contribution in [2.24, 2.45) is 0 Å². The number of aliphatic hydroxyl groups is 2. The highest BCUT2D eigenvalue weighted by Gasteiger charge is 2.45. The fourth-order valence-electron chi connectivity index (χ4n) is 3.68. The number of nitrogens with one attached hydrogen (secondary N) is 2. The third-order valence-corrected chi connectivity index (χ3v) is 9.55. The molecule has 3 heterocycles. The van der Waals surface area contributed by atoms with Gasteiger partial charge in [-0.25, -0.2) is 10.1 Å². The first kappa shape index (κ1) is 27.4. The summed E-state index contributed by atoms with van der Waals surface area (Å²) in [5, 5.41) is 26.6. The molecule has 1 aliphatic heterocycles. The summed E-state index contributed by atoms with van der Waals surface area (Å²) >= 11 is 12.3. The van der Waals surface area contributed by atoms with Crippen molar-refractivity contribution in [3.05, 3.63) is 46.5 Å². The van der Waals surface area contributed by atoms with Crippen molar-refractivity contribution in [3.63, 3.8) is 0 Å². The molecule has 0 radical (unpaired) electrons. The van der Waals surface area contributed by atoms with Gasteiger partial charge in [0.25, 0.3) is 7.52 Å². The second-order valence-corrected chi connectivity index (χ2v) is 13.0. The highest BCUT2D eigenvalue weighted by Crippen LogP contribution is 2.52. The summed E-state index contributed by atoms with van der Waals surface area (Å²) in [6, 6.07) is 7.20. The predicted octanol–water partition coefficient (Wildman–Crippen LogP) is 1.27. The third-order valence-electron chi connectivity index (χ3n) is 5.33. The van der Waals surface area contributed by atoms with Crippen LogP contribution in [0.25, 0.3) is 11.2 Å². The van der Waals surface area contributed by atoms with Crippen molar-refractivity contribution >= 4 is 55.3 Å². The van der Waals surface area contributed by atoms with Crippen LogP contribution >= 0.6 is 38.3 Å². The molecular weight excluding hydrogens is 561 g/mol. The van der Waals surface area contributed by atoms with E-state index in [1.807, 2.05) is 12.1 Å². The topological polar surface area (TPSA) is 212 Å². The molecule has 0 aliphatic carbocycles. The predicted molar refractivity (Wildman–Crippen MR) is 130 cm³/mol. The van der Waals surface area contributed by atoms with Crippen LogP contribution in [0.3, 0.4) is 0 Å². The summed E-state index contributed by atoms with van der Waals surface area (Å²) in [5.74, 6) is -1.01. The molecule has 14 nitrogen and oxygen atoms in total. The minimum atomic E-state index is -4.77. The first-order valence-electron chi connectivity index (χ1n) is 10.3. The van der Waals surface area contributed by atoms with E-state index in [-0.39, 0.29) is 16.7 Å². The monoisotopic (exact) mass is 582 g/mol. The van der Waals surface area contributed by atoms with Gasteiger partial charge < -0.3 is 34.9 Å². The van der Waals surface area contributed by atoms with E-state index in [9.17, 15) is 24.2 Å². The molecule has 4 rings (SSSR count). The molecule has 0 spiro atoms. The Labute approximate surface area is 213 Å². The number of aliphatic hydroxyl groups excluding tert-OH is 2. The summed E-state index contributed by atoms with van der Waals surface area (Å²) in [6.07, 6.45) is -4.11. The van der Waals surface area contributed by atoms with Gasteiger partial charge in [0, 0.05) is 18.1 Å². The largest absolute Gasteiger partial charge is 0.387 e. The number of anilines is 1. The minimum Gasteiger partial charge on any atom is -0.387 e. The first-order valence-corrected chi connectivity index (χ1v) is 14.7. The fraction of sp³-hybridized carbons (Fsp3) is 0.389. The molecule has 3 aromatic rings. The lowest BCUT2D eigenvalue weighted by Crippen LogP contribution is -2.37. The van der Waals surface area contributed by atoms with Gasteiger partial charge in [-0.3, -0.25) is 13.7 Å². The van der Waals surface area contributed by atoms with Gasteiger partial charge in [-0.15, -0.1) is 0 Å². The number of aromatic nitrogens is 4. The molecule has 1 aromatic carbocycles. The van der Waals surface area contributed by atoms with Gasteiger partial charge in [-0.05, 0) is 23.2 Å². The number of halogens is 2. The Morgan fingerprint density at radius 3 is 2.50 bits per heavy atom. The Hall–Kier alpha value is -1.67. The van der Waals surface area contributed by atoms with E-state index in [2.05, 4.69) is 25.4 Å². The van der Waals surface area contributed by atoms with E-state index in [1.165, 1.54) is 10.9 Å². The Morgan fingerprint density at radius 1 is 1.08 bits per heavy atom. The maximum absolute atomic E-state index is 12.0. The molecule has 2 aromatic heterocycles. The first-order chi connectivity index (χ1) is 16.8. The Morgan fingerprint density at radius 2 is 1.81 bits per heavy atom. The summed E-state index contributed by atoms with van der Waals surface area (Å²) in [5.41, 5.74) is 1.27. The molecule has 5 unspecified atom stereocenters. The number of benzene rings is 1. The van der Waals surface area contributed by atoms with Gasteiger partial charge in [0.2, 0.25) is 5.28 Å². The Kier molecular flexibility index (Phi) is 8.06. The number of hydrogen-bond acceptors (Lipinski definition) is 9. The molecule has 36 heavy (non-hydrogen) atoms. The average Bonchev–Trinajstić information content (AvgIpc) is 3.31. The lowest BCUT2D eigenvalue weighted by atomic mass is 10.1. The Bertz CT molecular complexity index is 1360. The molecule has 0 saturated carbocycles. The van der Waals surface area contributed by atoms with Crippen molar-refractivity contribution in [2.75, 3.05) is 17.8 Å². The van der Waals surface area contributed by atoms with Crippen LogP contribution in [0.15, 0.2) is 30.6 Å². The van der Waals surface area contributed by atoms with E-state index < -0.39 is 52.1 Å². The van der Waals surface area contributed by atoms with Crippen molar-refractivity contribution in [2.45, 2.75) is 31.1 Å². The number of fused-ring (bicyclic) bond motifs is 1. The normalized spacial score (nSPS) is 24.2. The van der Waals surface area contributed by atoms with Crippen LogP contribution in [-0.4, -0.2) is 75.2 Å². The maximum atomic E-state index is 12.0. The van der Waals surface area contributed by atoms with Gasteiger partial charge in [0.1, 0.15) is 24.2 Å². The molecule has 5 atom stereocenters. The van der Waals surface area contributed by atoms with Crippen molar-refractivity contribution < 1.29 is 38.8 Å². The number of hydrogen-bond donors (Lipinski definition) is 7. The summed E-state index contributed by atoms with van der Waals surface area (Å²) in [6.45, 7) is -0.171. The molecule has 196 valence electrons. The second-order valence-electron chi connectivity index (χ2n) is 8.03. The summed E-state index contributed by atoms with van der Waals surface area (Å²) in [4.78, 5) is 40.2. The molecule has 1 aliphatic rings. The summed E-state index contributed by atoms with van der Waals surface area (Å²) in [7, 11) is -9.22. The van der Waals surface area contributed by atoms with E-state index in [0.717, 1.165) is 5.56 Å². The highest BCUT2D eigenvalue weighted by atomic mass is 35.5. The maximum Gasteiger partial charge on any atom is 0.336 e. The van der Waals surface area contributed by atoms with Crippen LogP contribution in [0.5, 0.6) is 0 Å². The van der Waals surface area contributed by atoms with Crippen molar-refractivity contribution in [3.8, 4) is 0 Å². The van der Waals surface area contributed by atoms with Crippen LogP contribution in [0.1, 0.15) is 11.8 Å². The molecule has 0 bridgehead atoms. The molecule has 1 saturated heterocycles. The highest BCUT2D eigenvalue weighted by molar-refractivity contribution is 7.71. The van der Waals surface area contributed by atoms with Gasteiger partial charge >= 0.3 is 7.60 Å². The number of nitrogens with zero attached hydrogens (tertiary/aromatic N) is 4. The SMILES string of the molecule is O=P(O)(O)CP(=O)(O)NCC1OC(n2cnc3c(NCc4ccccc4Cl)nc(Cl)nc32)C(O)C1O. The lowest BCUT2D eigenvalue weighted by Gasteiger charge is -2.19. The minimum absolute atomic E-state index is 0.129. The number of imidazole rings is 1. The average molecular weight is 583 g/mol. The zero-order chi connectivity index (χ0) is 26.3. The zero-order valence-electron chi connectivity index (χ0n) is 18.2. The van der Waals surface area contributed by atoms with Gasteiger partial charge in [-0.1, -0.05) is 29.8 Å². The second kappa shape index (κ2) is 10.6. The summed E-state index contributed by atoms with van der Waals surface area (Å²) < 4.78 is 30.1. The van der Waals surface area contributed by atoms with Crippen LogP contribution in [0.4, 0.5) is 5.82 Å². The molecule has 18 heteroatoms. The standard InChI is InChI=1S/C18H22Cl2N6O8P2/c19-10-4-2-1-3-9(10)5-21-15-12-16(25-18(20)24-15)26(7-22-12)17-14(28)13(27)11(34-17)6-23-35(29,30)8-36(31,32)33/h1-4,7,11,13-14,17,27-28H,5-6,8H2,(H,21,24,25)(H2,23,29,30)(H2,31,32,33). The molecule has 1 fully saturated rings. The van der Waals surface area contributed by atoms with E-state index in [4.69, 9.17) is 37.7 Å². The van der Waals surface area contributed by atoms with Gasteiger partial charge in [0.15, 0.2) is 23.2 Å².